The van der Waals surface area contributed by atoms with Crippen molar-refractivity contribution < 1.29 is 14.3 Å². The van der Waals surface area contributed by atoms with Gasteiger partial charge in [0.25, 0.3) is 0 Å². The lowest BCUT2D eigenvalue weighted by molar-refractivity contribution is 0.0600. The van der Waals surface area contributed by atoms with Gasteiger partial charge in [-0.15, -0.1) is 0 Å². The van der Waals surface area contributed by atoms with Gasteiger partial charge in [-0.25, -0.2) is 4.79 Å². The second kappa shape index (κ2) is 10.6. The zero-order valence-electron chi connectivity index (χ0n) is 19.0. The number of rotatable bonds is 5. The van der Waals surface area contributed by atoms with E-state index in [-0.39, 0.29) is 5.97 Å². The first-order valence-corrected chi connectivity index (χ1v) is 12.0. The number of fused-ring (bicyclic) bond motifs is 2. The highest BCUT2D eigenvalue weighted by Gasteiger charge is 2.32. The average Bonchev–Trinajstić information content (AvgIpc) is 2.82. The fraction of sp³-hybridized carbons (Fsp3) is 0.500. The third-order valence-electron chi connectivity index (χ3n) is 6.89. The van der Waals surface area contributed by atoms with Crippen LogP contribution in [0.25, 0.3) is 0 Å². The maximum Gasteiger partial charge on any atom is 0.337 e. The molecule has 0 saturated heterocycles. The number of esters is 1. The first-order valence-electron chi connectivity index (χ1n) is 11.6. The topological polar surface area (TPSA) is 50.8 Å². The molecule has 32 heavy (non-hydrogen) atoms. The van der Waals surface area contributed by atoms with E-state index in [1.54, 1.807) is 6.07 Å². The standard InChI is InChI=1S/C26H33ClN2O3/c1-28-15-20-6-7-21(20)16-29-12-4-3-5-18-13-23(27)10-8-22(18)17-32-25-11-9-19(14-24(25)29)26(30)31-2/h8-11,13-14,20-21,28H,3-7,12,15-17H2,1-2H3/t20-,21-/m0/s1. The molecule has 0 unspecified atom stereocenters. The molecule has 1 aliphatic heterocycles. The van der Waals surface area contributed by atoms with Crippen LogP contribution in [0.1, 0.15) is 47.2 Å². The number of ether oxygens (including phenoxy) is 2. The Bertz CT molecular complexity index is 949. The van der Waals surface area contributed by atoms with Crippen LogP contribution in [0.4, 0.5) is 5.69 Å². The molecule has 4 rings (SSSR count). The molecular weight excluding hydrogens is 424 g/mol. The Morgan fingerprint density at radius 2 is 2.00 bits per heavy atom. The minimum absolute atomic E-state index is 0.321. The molecule has 1 saturated carbocycles. The highest BCUT2D eigenvalue weighted by molar-refractivity contribution is 6.30. The van der Waals surface area contributed by atoms with Gasteiger partial charge in [-0.05, 0) is 99.0 Å². The molecule has 2 aliphatic rings. The smallest absolute Gasteiger partial charge is 0.337 e. The number of carbonyl (C=O) groups excluding carboxylic acids is 1. The number of aryl methyl sites for hydroxylation is 1. The average molecular weight is 457 g/mol. The maximum atomic E-state index is 12.3. The van der Waals surface area contributed by atoms with E-state index in [1.807, 2.05) is 25.2 Å². The zero-order chi connectivity index (χ0) is 22.5. The number of carbonyl (C=O) groups is 1. The number of hydrogen-bond donors (Lipinski definition) is 1. The second-order valence-corrected chi connectivity index (χ2v) is 9.37. The summed E-state index contributed by atoms with van der Waals surface area (Å²) in [5, 5.41) is 4.10. The molecule has 172 valence electrons. The van der Waals surface area contributed by atoms with E-state index < -0.39 is 0 Å². The van der Waals surface area contributed by atoms with Gasteiger partial charge in [0.1, 0.15) is 12.4 Å². The normalized spacial score (nSPS) is 20.8. The van der Waals surface area contributed by atoms with Crippen molar-refractivity contribution in [2.24, 2.45) is 11.8 Å². The van der Waals surface area contributed by atoms with Crippen LogP contribution in [0.5, 0.6) is 5.75 Å². The van der Waals surface area contributed by atoms with Crippen LogP contribution < -0.4 is 15.0 Å². The van der Waals surface area contributed by atoms with Crippen LogP contribution in [0.2, 0.25) is 5.02 Å². The highest BCUT2D eigenvalue weighted by Crippen LogP contribution is 2.38. The summed E-state index contributed by atoms with van der Waals surface area (Å²) in [5.74, 6) is 1.85. The van der Waals surface area contributed by atoms with E-state index in [0.29, 0.717) is 24.0 Å². The number of nitrogens with one attached hydrogen (secondary N) is 1. The third kappa shape index (κ3) is 5.21. The van der Waals surface area contributed by atoms with Gasteiger partial charge in [0, 0.05) is 18.1 Å². The van der Waals surface area contributed by atoms with Crippen LogP contribution in [0.3, 0.4) is 0 Å². The van der Waals surface area contributed by atoms with Crippen LogP contribution in [0, 0.1) is 11.8 Å². The van der Waals surface area contributed by atoms with Gasteiger partial charge in [0.05, 0.1) is 18.4 Å². The van der Waals surface area contributed by atoms with Crippen molar-refractivity contribution in [3.05, 3.63) is 58.1 Å². The van der Waals surface area contributed by atoms with Crippen LogP contribution in [-0.2, 0) is 17.8 Å². The molecule has 0 aromatic heterocycles. The summed E-state index contributed by atoms with van der Waals surface area (Å²) in [7, 11) is 3.45. The molecule has 0 amide bonds. The van der Waals surface area contributed by atoms with Crippen LogP contribution in [-0.4, -0.2) is 39.8 Å². The van der Waals surface area contributed by atoms with E-state index in [4.69, 9.17) is 21.1 Å². The number of nitrogens with zero attached hydrogens (tertiary/aromatic N) is 1. The van der Waals surface area contributed by atoms with Crippen molar-refractivity contribution >= 4 is 23.3 Å². The van der Waals surface area contributed by atoms with Gasteiger partial charge in [-0.3, -0.25) is 0 Å². The summed E-state index contributed by atoms with van der Waals surface area (Å²) >= 11 is 6.26. The number of methoxy groups -OCH3 is 1. The Kier molecular flexibility index (Phi) is 7.59. The lowest BCUT2D eigenvalue weighted by Gasteiger charge is -2.41. The Morgan fingerprint density at radius 1 is 1.16 bits per heavy atom. The molecule has 1 fully saturated rings. The third-order valence-corrected chi connectivity index (χ3v) is 7.13. The molecule has 2 aromatic rings. The number of halogens is 1. The predicted octanol–water partition coefficient (Wildman–Crippen LogP) is 5.09. The fourth-order valence-electron chi connectivity index (χ4n) is 4.88. The van der Waals surface area contributed by atoms with Gasteiger partial charge in [0.2, 0.25) is 0 Å². The molecule has 1 aliphatic carbocycles. The van der Waals surface area contributed by atoms with Gasteiger partial charge in [-0.1, -0.05) is 17.7 Å². The van der Waals surface area contributed by atoms with Crippen molar-refractivity contribution in [3.63, 3.8) is 0 Å². The van der Waals surface area contributed by atoms with E-state index in [9.17, 15) is 4.79 Å². The van der Waals surface area contributed by atoms with E-state index in [2.05, 4.69) is 22.3 Å². The maximum absolute atomic E-state index is 12.3. The SMILES string of the molecule is CNC[C@@H]1CC[C@H]1CN1CCCCc2cc(Cl)ccc2COc2ccc(C(=O)OC)cc21. The number of anilines is 1. The fourth-order valence-corrected chi connectivity index (χ4v) is 5.07. The van der Waals surface area contributed by atoms with Crippen molar-refractivity contribution in [2.75, 3.05) is 38.7 Å². The number of benzene rings is 2. The van der Waals surface area contributed by atoms with E-state index in [1.165, 1.54) is 31.1 Å². The molecule has 6 heteroatoms. The van der Waals surface area contributed by atoms with Crippen molar-refractivity contribution in [1.82, 2.24) is 5.32 Å². The van der Waals surface area contributed by atoms with Crippen LogP contribution >= 0.6 is 11.6 Å². The molecule has 2 aromatic carbocycles. The Balaban J connectivity index is 1.65. The lowest BCUT2D eigenvalue weighted by atomic mass is 9.73. The molecule has 2 atom stereocenters. The molecule has 0 bridgehead atoms. The Hall–Kier alpha value is -2.24. The minimum atomic E-state index is -0.321. The van der Waals surface area contributed by atoms with Crippen LogP contribution in [0.15, 0.2) is 36.4 Å². The van der Waals surface area contributed by atoms with Gasteiger partial charge < -0.3 is 19.7 Å². The minimum Gasteiger partial charge on any atom is -0.487 e. The first-order chi connectivity index (χ1) is 15.6. The van der Waals surface area contributed by atoms with Gasteiger partial charge in [-0.2, -0.15) is 0 Å². The quantitative estimate of drug-likeness (QED) is 0.635. The number of hydrogen-bond acceptors (Lipinski definition) is 5. The van der Waals surface area contributed by atoms with Gasteiger partial charge >= 0.3 is 5.97 Å². The van der Waals surface area contributed by atoms with Crippen molar-refractivity contribution in [2.45, 2.75) is 38.7 Å². The largest absolute Gasteiger partial charge is 0.487 e. The molecule has 1 heterocycles. The summed E-state index contributed by atoms with van der Waals surface area (Å²) in [6, 6.07) is 11.7. The molecular formula is C26H33ClN2O3. The highest BCUT2D eigenvalue weighted by atomic mass is 35.5. The zero-order valence-corrected chi connectivity index (χ0v) is 19.8. The summed E-state index contributed by atoms with van der Waals surface area (Å²) in [5.41, 5.74) is 3.97. The van der Waals surface area contributed by atoms with Crippen molar-refractivity contribution in [3.8, 4) is 5.75 Å². The van der Waals surface area contributed by atoms with E-state index in [0.717, 1.165) is 55.4 Å². The first kappa shape index (κ1) is 22.9. The monoisotopic (exact) mass is 456 g/mol. The molecule has 0 spiro atoms. The molecule has 0 radical (unpaired) electrons. The summed E-state index contributed by atoms with van der Waals surface area (Å²) in [6.07, 6.45) is 5.67. The Morgan fingerprint density at radius 3 is 2.75 bits per heavy atom. The second-order valence-electron chi connectivity index (χ2n) is 8.93. The molecule has 1 N–H and O–H groups in total. The summed E-state index contributed by atoms with van der Waals surface area (Å²) in [4.78, 5) is 14.7. The van der Waals surface area contributed by atoms with E-state index >= 15 is 0 Å². The predicted molar refractivity (Wildman–Crippen MR) is 129 cm³/mol. The Labute approximate surface area is 196 Å². The summed E-state index contributed by atoms with van der Waals surface area (Å²) < 4.78 is 11.3. The van der Waals surface area contributed by atoms with Crippen molar-refractivity contribution in [1.29, 1.82) is 0 Å². The molecule has 5 nitrogen and oxygen atoms in total. The summed E-state index contributed by atoms with van der Waals surface area (Å²) in [6.45, 7) is 3.45. The lowest BCUT2D eigenvalue weighted by Crippen LogP contribution is -2.42. The van der Waals surface area contributed by atoms with Gasteiger partial charge in [0.15, 0.2) is 0 Å².